The second-order valence-electron chi connectivity index (χ2n) is 6.54. The predicted octanol–water partition coefficient (Wildman–Crippen LogP) is 2.18. The molecule has 3 amide bonds. The molecule has 1 atom stereocenters. The first-order valence-corrected chi connectivity index (χ1v) is 7.39. The van der Waals surface area contributed by atoms with Gasteiger partial charge < -0.3 is 5.32 Å². The molecule has 7 nitrogen and oxygen atoms in total. The minimum atomic E-state index is -0.753. The number of hydrogen-bond donors (Lipinski definition) is 3. The summed E-state index contributed by atoms with van der Waals surface area (Å²) in [5.74, 6) is -1.32. The molecule has 1 aliphatic heterocycles. The van der Waals surface area contributed by atoms with E-state index < -0.39 is 17.9 Å². The van der Waals surface area contributed by atoms with Gasteiger partial charge in [-0.3, -0.25) is 19.7 Å². The number of para-hydroxylation sites is 1. The maximum atomic E-state index is 12.5. The van der Waals surface area contributed by atoms with Crippen molar-refractivity contribution in [1.82, 2.24) is 10.6 Å². The number of amides is 3. The van der Waals surface area contributed by atoms with Crippen LogP contribution in [-0.2, 0) is 15.0 Å². The minimum Gasteiger partial charge on any atom is -0.340 e. The Morgan fingerprint density at radius 3 is 2.61 bits per heavy atom. The van der Waals surface area contributed by atoms with Crippen molar-refractivity contribution in [2.45, 2.75) is 45.1 Å². The molecule has 0 radical (unpaired) electrons. The molecule has 0 aliphatic carbocycles. The number of piperidine rings is 1. The highest BCUT2D eigenvalue weighted by Crippen LogP contribution is 2.34. The van der Waals surface area contributed by atoms with Crippen LogP contribution in [0.2, 0.25) is 0 Å². The highest BCUT2D eigenvalue weighted by molar-refractivity contribution is 6.05. The summed E-state index contributed by atoms with van der Waals surface area (Å²) < 4.78 is 0. The normalized spacial score (nSPS) is 18.3. The van der Waals surface area contributed by atoms with E-state index in [1.54, 1.807) is 12.1 Å². The molecular weight excluding hydrogens is 296 g/mol. The summed E-state index contributed by atoms with van der Waals surface area (Å²) in [6.45, 7) is 5.91. The van der Waals surface area contributed by atoms with Crippen LogP contribution in [0, 0.1) is 5.53 Å². The Kier molecular flexibility index (Phi) is 4.58. The second kappa shape index (κ2) is 6.28. The van der Waals surface area contributed by atoms with E-state index in [1.165, 1.54) is 0 Å². The molecule has 0 bridgehead atoms. The van der Waals surface area contributed by atoms with Gasteiger partial charge in [-0.15, -0.1) is 0 Å². The van der Waals surface area contributed by atoms with Gasteiger partial charge in [-0.25, -0.2) is 5.53 Å². The van der Waals surface area contributed by atoms with Gasteiger partial charge in [-0.1, -0.05) is 32.9 Å². The molecule has 1 unspecified atom stereocenters. The smallest absolute Gasteiger partial charge is 0.254 e. The van der Waals surface area contributed by atoms with Crippen LogP contribution in [0.15, 0.2) is 23.3 Å². The Morgan fingerprint density at radius 2 is 2.04 bits per heavy atom. The molecule has 1 heterocycles. The van der Waals surface area contributed by atoms with Gasteiger partial charge in [0.25, 0.3) is 5.91 Å². The highest BCUT2D eigenvalue weighted by atomic mass is 16.2. The molecule has 122 valence electrons. The molecular formula is C16H20N4O3. The molecule has 7 heteroatoms. The van der Waals surface area contributed by atoms with Crippen molar-refractivity contribution >= 4 is 23.4 Å². The molecule has 1 saturated heterocycles. The molecule has 0 aromatic heterocycles. The summed E-state index contributed by atoms with van der Waals surface area (Å²) in [7, 11) is 0. The van der Waals surface area contributed by atoms with Crippen LogP contribution in [0.5, 0.6) is 0 Å². The minimum absolute atomic E-state index is 0.189. The Morgan fingerprint density at radius 1 is 1.35 bits per heavy atom. The van der Waals surface area contributed by atoms with Crippen LogP contribution in [-0.4, -0.2) is 23.8 Å². The van der Waals surface area contributed by atoms with Gasteiger partial charge in [0.1, 0.15) is 11.7 Å². The van der Waals surface area contributed by atoms with E-state index in [0.29, 0.717) is 5.69 Å². The Bertz CT molecular complexity index is 676. The van der Waals surface area contributed by atoms with Crippen molar-refractivity contribution in [1.29, 1.82) is 5.53 Å². The molecule has 1 aliphatic rings. The van der Waals surface area contributed by atoms with E-state index >= 15 is 0 Å². The average molecular weight is 316 g/mol. The van der Waals surface area contributed by atoms with E-state index in [-0.39, 0.29) is 29.7 Å². The first kappa shape index (κ1) is 16.8. The largest absolute Gasteiger partial charge is 0.340 e. The SMILES string of the molecule is CC(C)(C)c1cccc(C(=O)NC2CCC(=O)NC2=O)c1N=N. The van der Waals surface area contributed by atoms with Crippen molar-refractivity contribution < 1.29 is 14.4 Å². The summed E-state index contributed by atoms with van der Waals surface area (Å²) in [6, 6.07) is 4.38. The maximum absolute atomic E-state index is 12.5. The third kappa shape index (κ3) is 3.61. The monoisotopic (exact) mass is 316 g/mol. The van der Waals surface area contributed by atoms with Gasteiger partial charge in [-0.2, -0.15) is 5.11 Å². The molecule has 0 spiro atoms. The average Bonchev–Trinajstić information content (AvgIpc) is 2.48. The number of carbonyl (C=O) groups excluding carboxylic acids is 3. The fourth-order valence-corrected chi connectivity index (χ4v) is 2.52. The summed E-state index contributed by atoms with van der Waals surface area (Å²) >= 11 is 0. The quantitative estimate of drug-likeness (QED) is 0.587. The fourth-order valence-electron chi connectivity index (χ4n) is 2.52. The van der Waals surface area contributed by atoms with Crippen molar-refractivity contribution in [2.24, 2.45) is 5.11 Å². The molecule has 0 saturated carbocycles. The van der Waals surface area contributed by atoms with Gasteiger partial charge >= 0.3 is 0 Å². The molecule has 1 fully saturated rings. The molecule has 1 aromatic carbocycles. The van der Waals surface area contributed by atoms with Crippen LogP contribution in [0.25, 0.3) is 0 Å². The summed E-state index contributed by atoms with van der Waals surface area (Å²) in [5.41, 5.74) is 8.46. The summed E-state index contributed by atoms with van der Waals surface area (Å²) in [4.78, 5) is 35.4. The van der Waals surface area contributed by atoms with E-state index in [2.05, 4.69) is 15.7 Å². The van der Waals surface area contributed by atoms with Crippen LogP contribution in [0.4, 0.5) is 5.69 Å². The number of benzene rings is 1. The lowest BCUT2D eigenvalue weighted by Gasteiger charge is -2.24. The molecule has 2 rings (SSSR count). The van der Waals surface area contributed by atoms with Gasteiger partial charge in [0.05, 0.1) is 5.56 Å². The lowest BCUT2D eigenvalue weighted by molar-refractivity contribution is -0.134. The number of rotatable bonds is 3. The Balaban J connectivity index is 2.28. The topological polar surface area (TPSA) is 111 Å². The first-order chi connectivity index (χ1) is 10.7. The first-order valence-electron chi connectivity index (χ1n) is 7.39. The third-order valence-corrected chi connectivity index (χ3v) is 3.74. The number of carbonyl (C=O) groups is 3. The van der Waals surface area contributed by atoms with E-state index in [1.807, 2.05) is 26.8 Å². The van der Waals surface area contributed by atoms with Crippen LogP contribution in [0.1, 0.15) is 49.5 Å². The predicted molar refractivity (Wildman–Crippen MR) is 83.6 cm³/mol. The standard InChI is InChI=1S/C16H20N4O3/c1-16(2,3)10-6-4-5-9(13(10)20-17)14(22)18-11-7-8-12(21)19-15(11)23/h4-6,11,17H,7-8H2,1-3H3,(H,18,22)(H,19,21,23). The van der Waals surface area contributed by atoms with Crippen molar-refractivity contribution in [2.75, 3.05) is 0 Å². The zero-order chi connectivity index (χ0) is 17.2. The number of hydrogen-bond acceptors (Lipinski definition) is 5. The third-order valence-electron chi connectivity index (χ3n) is 3.74. The zero-order valence-corrected chi connectivity index (χ0v) is 13.4. The zero-order valence-electron chi connectivity index (χ0n) is 13.4. The fraction of sp³-hybridized carbons (Fsp3) is 0.438. The van der Waals surface area contributed by atoms with Crippen LogP contribution >= 0.6 is 0 Å². The lowest BCUT2D eigenvalue weighted by atomic mass is 9.84. The molecule has 23 heavy (non-hydrogen) atoms. The molecule has 1 aromatic rings. The van der Waals surface area contributed by atoms with Crippen LogP contribution < -0.4 is 10.6 Å². The number of nitrogens with zero attached hydrogens (tertiary/aromatic N) is 1. The second-order valence-corrected chi connectivity index (χ2v) is 6.54. The van der Waals surface area contributed by atoms with Gasteiger partial charge in [-0.05, 0) is 23.5 Å². The van der Waals surface area contributed by atoms with Gasteiger partial charge in [0.2, 0.25) is 11.8 Å². The van der Waals surface area contributed by atoms with Crippen molar-refractivity contribution in [3.8, 4) is 0 Å². The Labute approximate surface area is 134 Å². The van der Waals surface area contributed by atoms with Crippen molar-refractivity contribution in [3.63, 3.8) is 0 Å². The summed E-state index contributed by atoms with van der Waals surface area (Å²) in [5, 5.41) is 8.33. The number of nitrogens with one attached hydrogen (secondary N) is 3. The maximum Gasteiger partial charge on any atom is 0.254 e. The van der Waals surface area contributed by atoms with Crippen LogP contribution in [0.3, 0.4) is 0 Å². The van der Waals surface area contributed by atoms with Gasteiger partial charge in [0, 0.05) is 6.42 Å². The van der Waals surface area contributed by atoms with Crippen molar-refractivity contribution in [3.05, 3.63) is 29.3 Å². The molecule has 3 N–H and O–H groups in total. The van der Waals surface area contributed by atoms with Gasteiger partial charge in [0.15, 0.2) is 0 Å². The van der Waals surface area contributed by atoms with E-state index in [4.69, 9.17) is 5.53 Å². The van der Waals surface area contributed by atoms with E-state index in [9.17, 15) is 14.4 Å². The Hall–Kier alpha value is -2.57. The number of imide groups is 1. The summed E-state index contributed by atoms with van der Waals surface area (Å²) in [6.07, 6.45) is 0.455. The highest BCUT2D eigenvalue weighted by Gasteiger charge is 2.29. The van der Waals surface area contributed by atoms with E-state index in [0.717, 1.165) is 5.56 Å². The lowest BCUT2D eigenvalue weighted by Crippen LogP contribution is -2.52.